The van der Waals surface area contributed by atoms with E-state index >= 15 is 0 Å². The summed E-state index contributed by atoms with van der Waals surface area (Å²) in [5, 5.41) is 8.73. The molecule has 112 valence electrons. The van der Waals surface area contributed by atoms with E-state index in [1.54, 1.807) is 18.0 Å². The maximum atomic E-state index is 4.34. The van der Waals surface area contributed by atoms with Gasteiger partial charge in [-0.1, -0.05) is 55.8 Å². The summed E-state index contributed by atoms with van der Waals surface area (Å²) in [6.45, 7) is 7.40. The maximum Gasteiger partial charge on any atom is 0.173 e. The Balaban J connectivity index is 0.00000106. The summed E-state index contributed by atoms with van der Waals surface area (Å²) in [5.74, 6) is 0. The highest BCUT2D eigenvalue weighted by Crippen LogP contribution is 2.30. The van der Waals surface area contributed by atoms with Gasteiger partial charge in [-0.15, -0.1) is 5.10 Å². The molecule has 1 aromatic heterocycles. The van der Waals surface area contributed by atoms with Gasteiger partial charge in [-0.3, -0.25) is 4.98 Å². The van der Waals surface area contributed by atoms with Crippen molar-refractivity contribution in [3.63, 3.8) is 0 Å². The second kappa shape index (κ2) is 10.7. The van der Waals surface area contributed by atoms with Crippen LogP contribution in [0, 0.1) is 0 Å². The van der Waals surface area contributed by atoms with Crippen LogP contribution in [0.1, 0.15) is 13.8 Å². The third kappa shape index (κ3) is 5.70. The number of rotatable bonds is 4. The summed E-state index contributed by atoms with van der Waals surface area (Å²) in [4.78, 5) is 5.44. The molecular weight excluding hydrogens is 320 g/mol. The Kier molecular flexibility index (Phi) is 9.16. The molecule has 0 unspecified atom stereocenters. The Bertz CT molecular complexity index is 596. The van der Waals surface area contributed by atoms with Crippen LogP contribution < -0.4 is 4.13 Å². The standard InChI is InChI=1S/C12H12N4S3.C2H6/c1-13-15-12(19-16-17-2)18-11-7-8-14-10-6-4-3-5-9(10)11;1-2/h3-8,16H,1H2,2H3;1-2H3/b15-12-;. The van der Waals surface area contributed by atoms with E-state index in [1.807, 2.05) is 44.4 Å². The number of nitrogens with zero attached hydrogens (tertiary/aromatic N) is 3. The van der Waals surface area contributed by atoms with Crippen molar-refractivity contribution in [3.8, 4) is 0 Å². The number of hydrogen-bond donors (Lipinski definition) is 1. The van der Waals surface area contributed by atoms with Crippen molar-refractivity contribution in [3.05, 3.63) is 36.5 Å². The fourth-order valence-corrected chi connectivity index (χ4v) is 3.61. The first-order valence-corrected chi connectivity index (χ1v) is 9.21. The van der Waals surface area contributed by atoms with Crippen LogP contribution in [0.4, 0.5) is 0 Å². The first-order chi connectivity index (χ1) is 10.3. The van der Waals surface area contributed by atoms with E-state index in [2.05, 4.69) is 32.1 Å². The molecule has 0 spiro atoms. The molecule has 0 saturated carbocycles. The van der Waals surface area contributed by atoms with Crippen molar-refractivity contribution in [1.82, 2.24) is 9.11 Å². The fraction of sp³-hybridized carbons (Fsp3) is 0.214. The van der Waals surface area contributed by atoms with Crippen LogP contribution in [0.15, 0.2) is 51.6 Å². The van der Waals surface area contributed by atoms with Crippen molar-refractivity contribution in [2.24, 2.45) is 10.2 Å². The van der Waals surface area contributed by atoms with Crippen LogP contribution >= 0.6 is 35.7 Å². The molecule has 2 rings (SSSR count). The van der Waals surface area contributed by atoms with E-state index in [0.717, 1.165) is 20.2 Å². The lowest BCUT2D eigenvalue weighted by Gasteiger charge is -2.06. The normalized spacial score (nSPS) is 10.9. The Hall–Kier alpha value is -1.02. The highest BCUT2D eigenvalue weighted by molar-refractivity contribution is 8.40. The molecule has 7 heteroatoms. The van der Waals surface area contributed by atoms with Gasteiger partial charge in [0.1, 0.15) is 0 Å². The molecule has 21 heavy (non-hydrogen) atoms. The molecule has 1 aromatic carbocycles. The molecule has 0 fully saturated rings. The van der Waals surface area contributed by atoms with E-state index in [0.29, 0.717) is 0 Å². The molecule has 0 bridgehead atoms. The van der Waals surface area contributed by atoms with Gasteiger partial charge in [0.15, 0.2) is 4.38 Å². The molecule has 0 saturated heterocycles. The van der Waals surface area contributed by atoms with Gasteiger partial charge in [-0.05, 0) is 30.3 Å². The Morgan fingerprint density at radius 2 is 2.00 bits per heavy atom. The third-order valence-corrected chi connectivity index (χ3v) is 4.76. The topological polar surface area (TPSA) is 49.6 Å². The molecule has 1 heterocycles. The van der Waals surface area contributed by atoms with Crippen LogP contribution in [-0.4, -0.2) is 22.3 Å². The second-order valence-electron chi connectivity index (χ2n) is 3.33. The second-order valence-corrected chi connectivity index (χ2v) is 6.28. The monoisotopic (exact) mass is 338 g/mol. The molecule has 0 amide bonds. The Morgan fingerprint density at radius 1 is 1.24 bits per heavy atom. The Morgan fingerprint density at radius 3 is 2.71 bits per heavy atom. The number of fused-ring (bicyclic) bond motifs is 1. The van der Waals surface area contributed by atoms with Gasteiger partial charge in [0.05, 0.1) is 5.52 Å². The first-order valence-electron chi connectivity index (χ1n) is 6.35. The number of para-hydroxylation sites is 1. The van der Waals surface area contributed by atoms with Crippen LogP contribution in [0.25, 0.3) is 10.9 Å². The van der Waals surface area contributed by atoms with Crippen molar-refractivity contribution >= 4 is 57.7 Å². The van der Waals surface area contributed by atoms with E-state index < -0.39 is 0 Å². The summed E-state index contributed by atoms with van der Waals surface area (Å²) in [7, 11) is 0. The predicted octanol–water partition coefficient (Wildman–Crippen LogP) is 4.84. The van der Waals surface area contributed by atoms with E-state index in [1.165, 1.54) is 23.9 Å². The zero-order valence-electron chi connectivity index (χ0n) is 12.2. The number of thioether (sulfide) groups is 1. The van der Waals surface area contributed by atoms with Crippen LogP contribution in [0.3, 0.4) is 0 Å². The van der Waals surface area contributed by atoms with Crippen LogP contribution in [0.5, 0.6) is 0 Å². The molecule has 4 nitrogen and oxygen atoms in total. The van der Waals surface area contributed by atoms with Gasteiger partial charge >= 0.3 is 0 Å². The number of aromatic nitrogens is 1. The predicted molar refractivity (Wildman–Crippen MR) is 100 cm³/mol. The van der Waals surface area contributed by atoms with Crippen molar-refractivity contribution in [1.29, 1.82) is 0 Å². The van der Waals surface area contributed by atoms with Crippen molar-refractivity contribution in [2.45, 2.75) is 18.7 Å². The SMILES string of the molecule is C=N/N=C(\SNSC)Sc1ccnc2ccccc12.CC. The molecule has 0 aliphatic heterocycles. The number of hydrogen-bond acceptors (Lipinski definition) is 7. The molecule has 2 aromatic rings. The highest BCUT2D eigenvalue weighted by Gasteiger charge is 2.07. The minimum Gasteiger partial charge on any atom is -0.256 e. The lowest BCUT2D eigenvalue weighted by atomic mass is 10.2. The van der Waals surface area contributed by atoms with Gasteiger partial charge < -0.3 is 0 Å². The molecule has 1 N–H and O–H groups in total. The van der Waals surface area contributed by atoms with E-state index in [4.69, 9.17) is 0 Å². The summed E-state index contributed by atoms with van der Waals surface area (Å²) < 4.78 is 3.87. The maximum absolute atomic E-state index is 4.34. The molecule has 0 atom stereocenters. The summed E-state index contributed by atoms with van der Waals surface area (Å²) >= 11 is 4.48. The van der Waals surface area contributed by atoms with E-state index in [9.17, 15) is 0 Å². The zero-order chi connectivity index (χ0) is 15.5. The molecular formula is C14H18N4S3. The fourth-order valence-electron chi connectivity index (χ4n) is 1.45. The van der Waals surface area contributed by atoms with Gasteiger partial charge in [-0.2, -0.15) is 5.10 Å². The average molecular weight is 339 g/mol. The third-order valence-electron chi connectivity index (χ3n) is 2.17. The minimum absolute atomic E-state index is 0.792. The van der Waals surface area contributed by atoms with Crippen molar-refractivity contribution in [2.75, 3.05) is 6.26 Å². The van der Waals surface area contributed by atoms with Crippen molar-refractivity contribution < 1.29 is 0 Å². The average Bonchev–Trinajstić information content (AvgIpc) is 2.55. The lowest BCUT2D eigenvalue weighted by molar-refractivity contribution is 1.29. The lowest BCUT2D eigenvalue weighted by Crippen LogP contribution is -1.95. The van der Waals surface area contributed by atoms with Crippen LogP contribution in [-0.2, 0) is 0 Å². The first kappa shape index (κ1) is 18.0. The molecule has 0 aliphatic carbocycles. The number of nitrogens with one attached hydrogen (secondary N) is 1. The summed E-state index contributed by atoms with van der Waals surface area (Å²) in [5.41, 5.74) is 0.973. The van der Waals surface area contributed by atoms with Gasteiger partial charge in [0.25, 0.3) is 0 Å². The van der Waals surface area contributed by atoms with Gasteiger partial charge in [-0.25, -0.2) is 4.13 Å². The summed E-state index contributed by atoms with van der Waals surface area (Å²) in [6.07, 6.45) is 3.76. The van der Waals surface area contributed by atoms with Gasteiger partial charge in [0.2, 0.25) is 0 Å². The smallest absolute Gasteiger partial charge is 0.173 e. The van der Waals surface area contributed by atoms with Gasteiger partial charge in [0, 0.05) is 23.2 Å². The number of pyridine rings is 1. The van der Waals surface area contributed by atoms with E-state index in [-0.39, 0.29) is 0 Å². The zero-order valence-corrected chi connectivity index (χ0v) is 14.7. The number of benzene rings is 1. The van der Waals surface area contributed by atoms with Crippen LogP contribution in [0.2, 0.25) is 0 Å². The quantitative estimate of drug-likeness (QED) is 0.284. The summed E-state index contributed by atoms with van der Waals surface area (Å²) in [6, 6.07) is 10.0. The Labute approximate surface area is 138 Å². The molecule has 0 aliphatic rings. The minimum atomic E-state index is 0.792. The largest absolute Gasteiger partial charge is 0.256 e. The highest BCUT2D eigenvalue weighted by atomic mass is 32.2. The molecule has 0 radical (unpaired) electrons.